The minimum atomic E-state index is -0.278. The van der Waals surface area contributed by atoms with Gasteiger partial charge in [-0.15, -0.1) is 0 Å². The fourth-order valence-electron chi connectivity index (χ4n) is 3.86. The normalized spacial score (nSPS) is 14.5. The number of piperazine rings is 1. The molecule has 0 spiro atoms. The van der Waals surface area contributed by atoms with Crippen LogP contribution in [0.5, 0.6) is 0 Å². The number of amides is 1. The number of carbonyl (C=O) groups is 1. The van der Waals surface area contributed by atoms with Crippen LogP contribution in [-0.2, 0) is 7.05 Å². The summed E-state index contributed by atoms with van der Waals surface area (Å²) in [4.78, 5) is 30.7. The molecular formula is C23H25N9O. The lowest BCUT2D eigenvalue weighted by Gasteiger charge is -2.33. The maximum absolute atomic E-state index is 12.9. The number of nitrogens with one attached hydrogen (secondary N) is 1. The first-order chi connectivity index (χ1) is 16.0. The number of fused-ring (bicyclic) bond motifs is 1. The molecule has 4 aromatic rings. The van der Waals surface area contributed by atoms with Crippen LogP contribution in [0.25, 0.3) is 22.0 Å². The summed E-state index contributed by atoms with van der Waals surface area (Å²) < 4.78 is 1.62. The molecule has 0 bridgehead atoms. The summed E-state index contributed by atoms with van der Waals surface area (Å²) in [5.41, 5.74) is 9.06. The summed E-state index contributed by atoms with van der Waals surface area (Å²) in [7, 11) is 3.90. The lowest BCUT2D eigenvalue weighted by Crippen LogP contribution is -2.44. The molecule has 0 aliphatic carbocycles. The van der Waals surface area contributed by atoms with Gasteiger partial charge in [-0.2, -0.15) is 5.10 Å². The smallest absolute Gasteiger partial charge is 0.258 e. The van der Waals surface area contributed by atoms with Crippen LogP contribution in [0.1, 0.15) is 10.4 Å². The zero-order valence-electron chi connectivity index (χ0n) is 18.6. The molecule has 5 rings (SSSR count). The van der Waals surface area contributed by atoms with E-state index in [1.165, 1.54) is 0 Å². The molecule has 3 aromatic heterocycles. The van der Waals surface area contributed by atoms with Gasteiger partial charge in [0, 0.05) is 62.1 Å². The monoisotopic (exact) mass is 443 g/mol. The molecule has 0 unspecified atom stereocenters. The number of nitrogens with two attached hydrogens (primary N) is 1. The van der Waals surface area contributed by atoms with Gasteiger partial charge in [0.25, 0.3) is 5.91 Å². The van der Waals surface area contributed by atoms with Crippen LogP contribution in [0.2, 0.25) is 0 Å². The third-order valence-corrected chi connectivity index (χ3v) is 5.94. The summed E-state index contributed by atoms with van der Waals surface area (Å²) in [5, 5.41) is 7.87. The van der Waals surface area contributed by atoms with Gasteiger partial charge in [0.15, 0.2) is 0 Å². The topological polar surface area (TPSA) is 118 Å². The Morgan fingerprint density at radius 2 is 1.85 bits per heavy atom. The average molecular weight is 444 g/mol. The Morgan fingerprint density at radius 1 is 1.03 bits per heavy atom. The van der Waals surface area contributed by atoms with Crippen LogP contribution in [-0.4, -0.2) is 68.8 Å². The number of nitrogen functional groups attached to an aromatic ring is 1. The SMILES string of the molecule is CN1CCN(c2cc(C(=O)Nc3ncc4ccc(-c5cnn(C)c5N)cc4n3)ccn2)CC1. The van der Waals surface area contributed by atoms with E-state index in [9.17, 15) is 4.79 Å². The highest BCUT2D eigenvalue weighted by atomic mass is 16.1. The fourth-order valence-corrected chi connectivity index (χ4v) is 3.86. The molecule has 3 N–H and O–H groups in total. The van der Waals surface area contributed by atoms with Gasteiger partial charge in [0.2, 0.25) is 5.95 Å². The molecule has 1 fully saturated rings. The number of anilines is 3. The van der Waals surface area contributed by atoms with E-state index in [1.807, 2.05) is 24.3 Å². The maximum Gasteiger partial charge on any atom is 0.258 e. The number of carbonyl (C=O) groups excluding carboxylic acids is 1. The van der Waals surface area contributed by atoms with E-state index in [-0.39, 0.29) is 11.9 Å². The Labute approximate surface area is 191 Å². The van der Waals surface area contributed by atoms with Crippen LogP contribution >= 0.6 is 0 Å². The molecule has 33 heavy (non-hydrogen) atoms. The number of aryl methyl sites for hydroxylation is 1. The van der Waals surface area contributed by atoms with Gasteiger partial charge in [-0.25, -0.2) is 15.0 Å². The van der Waals surface area contributed by atoms with Crippen molar-refractivity contribution >= 4 is 34.4 Å². The Hall–Kier alpha value is -4.05. The zero-order chi connectivity index (χ0) is 22.9. The average Bonchev–Trinajstić information content (AvgIpc) is 3.17. The Balaban J connectivity index is 1.37. The number of hydrogen-bond acceptors (Lipinski definition) is 8. The summed E-state index contributed by atoms with van der Waals surface area (Å²) in [6.45, 7) is 3.70. The highest BCUT2D eigenvalue weighted by Crippen LogP contribution is 2.28. The molecule has 4 heterocycles. The van der Waals surface area contributed by atoms with Crippen LogP contribution in [0.15, 0.2) is 48.9 Å². The zero-order valence-corrected chi connectivity index (χ0v) is 18.6. The lowest BCUT2D eigenvalue weighted by atomic mass is 10.1. The lowest BCUT2D eigenvalue weighted by molar-refractivity contribution is 0.102. The Bertz CT molecular complexity index is 1320. The van der Waals surface area contributed by atoms with E-state index in [0.717, 1.165) is 48.5 Å². The second kappa shape index (κ2) is 8.47. The molecule has 1 amide bonds. The third-order valence-electron chi connectivity index (χ3n) is 5.94. The highest BCUT2D eigenvalue weighted by Gasteiger charge is 2.17. The number of aromatic nitrogens is 5. The quantitative estimate of drug-likeness (QED) is 0.492. The van der Waals surface area contributed by atoms with E-state index >= 15 is 0 Å². The van der Waals surface area contributed by atoms with E-state index in [0.29, 0.717) is 16.9 Å². The number of pyridine rings is 1. The molecule has 0 atom stereocenters. The van der Waals surface area contributed by atoms with Crippen molar-refractivity contribution in [2.24, 2.45) is 7.05 Å². The van der Waals surface area contributed by atoms with E-state index in [1.54, 1.807) is 36.4 Å². The maximum atomic E-state index is 12.9. The van der Waals surface area contributed by atoms with Crippen molar-refractivity contribution in [3.05, 3.63) is 54.5 Å². The van der Waals surface area contributed by atoms with Gasteiger partial charge in [-0.05, 0) is 30.8 Å². The first kappa shape index (κ1) is 20.8. The molecule has 1 aliphatic rings. The minimum Gasteiger partial charge on any atom is -0.383 e. The van der Waals surface area contributed by atoms with Crippen molar-refractivity contribution in [3.8, 4) is 11.1 Å². The van der Waals surface area contributed by atoms with Crippen LogP contribution < -0.4 is 16.0 Å². The number of benzene rings is 1. The molecule has 168 valence electrons. The standard InChI is InChI=1S/C23H25N9O/c1-30-7-9-32(10-8-30)20-12-16(5-6-25-20)22(33)29-23-26-13-17-4-3-15(11-19(17)28-23)18-14-27-31(2)21(18)24/h3-6,11-14H,7-10,24H2,1-2H3,(H,26,28,29,33). The number of rotatable bonds is 4. The van der Waals surface area contributed by atoms with Crippen LogP contribution in [0, 0.1) is 0 Å². The van der Waals surface area contributed by atoms with E-state index in [2.05, 4.69) is 42.2 Å². The minimum absolute atomic E-state index is 0.238. The van der Waals surface area contributed by atoms with Crippen molar-refractivity contribution in [1.29, 1.82) is 0 Å². The van der Waals surface area contributed by atoms with Crippen molar-refractivity contribution in [3.63, 3.8) is 0 Å². The van der Waals surface area contributed by atoms with Gasteiger partial charge in [-0.1, -0.05) is 12.1 Å². The summed E-state index contributed by atoms with van der Waals surface area (Å²) in [6, 6.07) is 9.30. The molecule has 0 radical (unpaired) electrons. The molecule has 1 saturated heterocycles. The predicted molar refractivity (Wildman–Crippen MR) is 128 cm³/mol. The molecular weight excluding hydrogens is 418 g/mol. The highest BCUT2D eigenvalue weighted by molar-refractivity contribution is 6.04. The van der Waals surface area contributed by atoms with Gasteiger partial charge >= 0.3 is 0 Å². The number of nitrogens with zero attached hydrogens (tertiary/aromatic N) is 7. The van der Waals surface area contributed by atoms with Crippen LogP contribution in [0.4, 0.5) is 17.6 Å². The van der Waals surface area contributed by atoms with Gasteiger partial charge in [0.05, 0.1) is 11.7 Å². The van der Waals surface area contributed by atoms with Crippen LogP contribution in [0.3, 0.4) is 0 Å². The second-order valence-electron chi connectivity index (χ2n) is 8.18. The first-order valence-corrected chi connectivity index (χ1v) is 10.7. The molecule has 10 heteroatoms. The predicted octanol–water partition coefficient (Wildman–Crippen LogP) is 2.01. The second-order valence-corrected chi connectivity index (χ2v) is 8.18. The Kier molecular flexibility index (Phi) is 5.35. The van der Waals surface area contributed by atoms with E-state index < -0.39 is 0 Å². The number of likely N-dealkylation sites (N-methyl/N-ethyl adjacent to an activating group) is 1. The van der Waals surface area contributed by atoms with Gasteiger partial charge in [0.1, 0.15) is 11.6 Å². The first-order valence-electron chi connectivity index (χ1n) is 10.7. The van der Waals surface area contributed by atoms with Gasteiger partial charge in [-0.3, -0.25) is 14.8 Å². The van der Waals surface area contributed by atoms with Crippen molar-refractivity contribution < 1.29 is 4.79 Å². The largest absolute Gasteiger partial charge is 0.383 e. The van der Waals surface area contributed by atoms with E-state index in [4.69, 9.17) is 5.73 Å². The summed E-state index contributed by atoms with van der Waals surface area (Å²) in [5.74, 6) is 1.33. The molecule has 1 aromatic carbocycles. The van der Waals surface area contributed by atoms with Crippen molar-refractivity contribution in [1.82, 2.24) is 29.6 Å². The third kappa shape index (κ3) is 4.20. The molecule has 10 nitrogen and oxygen atoms in total. The molecule has 1 aliphatic heterocycles. The van der Waals surface area contributed by atoms with Gasteiger partial charge < -0.3 is 15.5 Å². The summed E-state index contributed by atoms with van der Waals surface area (Å²) in [6.07, 6.45) is 5.08. The molecule has 0 saturated carbocycles. The fraction of sp³-hybridized carbons (Fsp3) is 0.261. The van der Waals surface area contributed by atoms with Crippen molar-refractivity contribution in [2.75, 3.05) is 49.2 Å². The Morgan fingerprint density at radius 3 is 2.61 bits per heavy atom. The van der Waals surface area contributed by atoms with Crippen molar-refractivity contribution in [2.45, 2.75) is 0 Å². The summed E-state index contributed by atoms with van der Waals surface area (Å²) >= 11 is 0. The number of hydrogen-bond donors (Lipinski definition) is 2.